The summed E-state index contributed by atoms with van der Waals surface area (Å²) in [5.74, 6) is 0. The molecule has 2 atom stereocenters. The van der Waals surface area contributed by atoms with Gasteiger partial charge >= 0.3 is 0 Å². The number of hydrogen-bond donors (Lipinski definition) is 2. The molecule has 0 fully saturated rings. The van der Waals surface area contributed by atoms with Crippen molar-refractivity contribution in [3.63, 3.8) is 0 Å². The SMILES string of the molecule is CCC(C)n1ccc(CNCC(O)COC)n1. The average molecular weight is 241 g/mol. The molecule has 0 spiro atoms. The van der Waals surface area contributed by atoms with Gasteiger partial charge in [0.25, 0.3) is 0 Å². The van der Waals surface area contributed by atoms with Gasteiger partial charge in [-0.2, -0.15) is 5.10 Å². The van der Waals surface area contributed by atoms with Crippen molar-refractivity contribution in [2.75, 3.05) is 20.3 Å². The number of nitrogens with one attached hydrogen (secondary N) is 1. The first kappa shape index (κ1) is 14.2. The first-order valence-electron chi connectivity index (χ1n) is 6.09. The van der Waals surface area contributed by atoms with E-state index < -0.39 is 6.10 Å². The Morgan fingerprint density at radius 1 is 1.59 bits per heavy atom. The second-order valence-corrected chi connectivity index (χ2v) is 4.28. The Morgan fingerprint density at radius 2 is 2.35 bits per heavy atom. The summed E-state index contributed by atoms with van der Waals surface area (Å²) in [4.78, 5) is 0. The van der Waals surface area contributed by atoms with Crippen LogP contribution in [-0.4, -0.2) is 41.3 Å². The molecule has 0 aliphatic heterocycles. The van der Waals surface area contributed by atoms with Gasteiger partial charge in [0.2, 0.25) is 0 Å². The monoisotopic (exact) mass is 241 g/mol. The molecule has 98 valence electrons. The van der Waals surface area contributed by atoms with Gasteiger partial charge in [0.15, 0.2) is 0 Å². The minimum atomic E-state index is -0.461. The van der Waals surface area contributed by atoms with Crippen molar-refractivity contribution in [2.24, 2.45) is 0 Å². The van der Waals surface area contributed by atoms with Gasteiger partial charge in [0.1, 0.15) is 0 Å². The summed E-state index contributed by atoms with van der Waals surface area (Å²) in [7, 11) is 1.58. The zero-order chi connectivity index (χ0) is 12.7. The third-order valence-electron chi connectivity index (χ3n) is 2.75. The van der Waals surface area contributed by atoms with Crippen LogP contribution in [0.1, 0.15) is 32.0 Å². The van der Waals surface area contributed by atoms with Gasteiger partial charge in [0.05, 0.1) is 18.4 Å². The fourth-order valence-electron chi connectivity index (χ4n) is 1.52. The van der Waals surface area contributed by atoms with Crippen molar-refractivity contribution >= 4 is 0 Å². The molecule has 0 radical (unpaired) electrons. The van der Waals surface area contributed by atoms with Crippen molar-refractivity contribution in [2.45, 2.75) is 39.0 Å². The number of nitrogens with zero attached hydrogens (tertiary/aromatic N) is 2. The Kier molecular flexibility index (Phi) is 6.18. The normalized spacial score (nSPS) is 14.8. The maximum Gasteiger partial charge on any atom is 0.0897 e. The van der Waals surface area contributed by atoms with Crippen LogP contribution in [0.25, 0.3) is 0 Å². The quantitative estimate of drug-likeness (QED) is 0.711. The molecule has 0 bridgehead atoms. The fraction of sp³-hybridized carbons (Fsp3) is 0.750. The zero-order valence-electron chi connectivity index (χ0n) is 10.9. The van der Waals surface area contributed by atoms with Gasteiger partial charge in [-0.15, -0.1) is 0 Å². The first-order valence-corrected chi connectivity index (χ1v) is 6.09. The summed E-state index contributed by atoms with van der Waals surface area (Å²) in [6.07, 6.45) is 2.61. The highest BCUT2D eigenvalue weighted by molar-refractivity contribution is 4.99. The molecule has 5 nitrogen and oxygen atoms in total. The molecule has 1 rings (SSSR count). The second-order valence-electron chi connectivity index (χ2n) is 4.28. The van der Waals surface area contributed by atoms with Crippen molar-refractivity contribution in [3.8, 4) is 0 Å². The lowest BCUT2D eigenvalue weighted by molar-refractivity contribution is 0.0643. The van der Waals surface area contributed by atoms with Crippen molar-refractivity contribution in [1.29, 1.82) is 0 Å². The zero-order valence-corrected chi connectivity index (χ0v) is 10.9. The van der Waals surface area contributed by atoms with Crippen LogP contribution in [0, 0.1) is 0 Å². The van der Waals surface area contributed by atoms with E-state index in [2.05, 4.69) is 24.3 Å². The topological polar surface area (TPSA) is 59.3 Å². The van der Waals surface area contributed by atoms with Gasteiger partial charge in [-0.05, 0) is 19.4 Å². The van der Waals surface area contributed by atoms with Gasteiger partial charge < -0.3 is 15.2 Å². The van der Waals surface area contributed by atoms with Crippen LogP contribution in [0.2, 0.25) is 0 Å². The number of aliphatic hydroxyl groups is 1. The van der Waals surface area contributed by atoms with E-state index in [9.17, 15) is 5.11 Å². The molecule has 0 saturated heterocycles. The van der Waals surface area contributed by atoms with Crippen LogP contribution in [0.5, 0.6) is 0 Å². The molecule has 1 aromatic heterocycles. The third kappa shape index (κ3) is 4.85. The second kappa shape index (κ2) is 7.42. The smallest absolute Gasteiger partial charge is 0.0897 e. The molecular weight excluding hydrogens is 218 g/mol. The molecule has 2 unspecified atom stereocenters. The van der Waals surface area contributed by atoms with Gasteiger partial charge in [-0.25, -0.2) is 0 Å². The van der Waals surface area contributed by atoms with E-state index in [-0.39, 0.29) is 0 Å². The Hall–Kier alpha value is -0.910. The molecule has 1 heterocycles. The maximum atomic E-state index is 9.45. The number of aromatic nitrogens is 2. The molecule has 5 heteroatoms. The molecule has 1 aromatic rings. The summed E-state index contributed by atoms with van der Waals surface area (Å²) in [5, 5.41) is 17.1. The molecular formula is C12H23N3O2. The lowest BCUT2D eigenvalue weighted by atomic mass is 10.3. The standard InChI is InChI=1S/C12H23N3O2/c1-4-10(2)15-6-5-11(14-15)7-13-8-12(16)9-17-3/h5-6,10,12-13,16H,4,7-9H2,1-3H3. The maximum absolute atomic E-state index is 9.45. The summed E-state index contributed by atoms with van der Waals surface area (Å²) >= 11 is 0. The summed E-state index contributed by atoms with van der Waals surface area (Å²) in [6, 6.07) is 2.44. The predicted molar refractivity (Wildman–Crippen MR) is 66.8 cm³/mol. The molecule has 0 aromatic carbocycles. The van der Waals surface area contributed by atoms with Crippen LogP contribution < -0.4 is 5.32 Å². The van der Waals surface area contributed by atoms with Crippen LogP contribution in [0.4, 0.5) is 0 Å². The predicted octanol–water partition coefficient (Wildman–Crippen LogP) is 0.951. The highest BCUT2D eigenvalue weighted by atomic mass is 16.5. The summed E-state index contributed by atoms with van der Waals surface area (Å²) < 4.78 is 6.82. The van der Waals surface area contributed by atoms with Crippen LogP contribution in [-0.2, 0) is 11.3 Å². The van der Waals surface area contributed by atoms with Gasteiger partial charge in [-0.3, -0.25) is 4.68 Å². The summed E-state index contributed by atoms with van der Waals surface area (Å²) in [5.41, 5.74) is 0.995. The van der Waals surface area contributed by atoms with Crippen LogP contribution in [0.3, 0.4) is 0 Å². The Balaban J connectivity index is 2.30. The van der Waals surface area contributed by atoms with Gasteiger partial charge in [0, 0.05) is 32.4 Å². The van der Waals surface area contributed by atoms with E-state index in [0.717, 1.165) is 12.1 Å². The minimum absolute atomic E-state index is 0.355. The first-order chi connectivity index (χ1) is 8.17. The lowest BCUT2D eigenvalue weighted by Gasteiger charge is -2.10. The van der Waals surface area contributed by atoms with Crippen LogP contribution >= 0.6 is 0 Å². The van der Waals surface area contributed by atoms with Gasteiger partial charge in [-0.1, -0.05) is 6.92 Å². The Labute approximate surface area is 103 Å². The van der Waals surface area contributed by atoms with E-state index in [1.165, 1.54) is 0 Å². The van der Waals surface area contributed by atoms with Crippen molar-refractivity contribution < 1.29 is 9.84 Å². The Morgan fingerprint density at radius 3 is 3.00 bits per heavy atom. The minimum Gasteiger partial charge on any atom is -0.389 e. The number of ether oxygens (including phenoxy) is 1. The molecule has 0 aliphatic rings. The number of aliphatic hydroxyl groups excluding tert-OH is 1. The van der Waals surface area contributed by atoms with E-state index in [1.807, 2.05) is 16.9 Å². The molecule has 0 amide bonds. The highest BCUT2D eigenvalue weighted by Crippen LogP contribution is 2.08. The van der Waals surface area contributed by atoms with Crippen molar-refractivity contribution in [3.05, 3.63) is 18.0 Å². The largest absolute Gasteiger partial charge is 0.389 e. The van der Waals surface area contributed by atoms with E-state index in [0.29, 0.717) is 25.7 Å². The third-order valence-corrected chi connectivity index (χ3v) is 2.75. The molecule has 0 aliphatic carbocycles. The number of hydrogen-bond acceptors (Lipinski definition) is 4. The van der Waals surface area contributed by atoms with E-state index >= 15 is 0 Å². The van der Waals surface area contributed by atoms with Crippen molar-refractivity contribution in [1.82, 2.24) is 15.1 Å². The fourth-order valence-corrected chi connectivity index (χ4v) is 1.52. The molecule has 2 N–H and O–H groups in total. The summed E-state index contributed by atoms with van der Waals surface area (Å²) in [6.45, 7) is 5.83. The highest BCUT2D eigenvalue weighted by Gasteiger charge is 2.06. The van der Waals surface area contributed by atoms with Crippen LogP contribution in [0.15, 0.2) is 12.3 Å². The molecule has 0 saturated carbocycles. The van der Waals surface area contributed by atoms with E-state index in [1.54, 1.807) is 7.11 Å². The number of rotatable bonds is 8. The van der Waals surface area contributed by atoms with E-state index in [4.69, 9.17) is 4.74 Å². The Bertz CT molecular complexity index is 314. The average Bonchev–Trinajstić information content (AvgIpc) is 2.77. The molecule has 17 heavy (non-hydrogen) atoms. The lowest BCUT2D eigenvalue weighted by Crippen LogP contribution is -2.29. The number of methoxy groups -OCH3 is 1.